The number of hydrogen-bond donors (Lipinski definition) is 2. The van der Waals surface area contributed by atoms with Gasteiger partial charge in [-0.3, -0.25) is 4.79 Å². The number of rotatable bonds is 8. The fourth-order valence-electron chi connectivity index (χ4n) is 0.800. The van der Waals surface area contributed by atoms with Crippen molar-refractivity contribution in [3.8, 4) is 0 Å². The van der Waals surface area contributed by atoms with Crippen molar-refractivity contribution in [1.82, 2.24) is 5.32 Å². The summed E-state index contributed by atoms with van der Waals surface area (Å²) in [5.74, 6) is -0.311. The van der Waals surface area contributed by atoms with Crippen molar-refractivity contribution in [2.24, 2.45) is 0 Å². The van der Waals surface area contributed by atoms with Crippen molar-refractivity contribution in [3.63, 3.8) is 0 Å². The van der Waals surface area contributed by atoms with Crippen LogP contribution in [0.25, 0.3) is 0 Å². The Bertz CT molecular complexity index is 208. The molecule has 0 aliphatic carbocycles. The summed E-state index contributed by atoms with van der Waals surface area (Å²) in [6.07, 6.45) is 2.64. The normalized spacial score (nSPS) is 14.1. The second kappa shape index (κ2) is 7.44. The third kappa shape index (κ3) is 5.64. The Balaban J connectivity index is 3.76. The van der Waals surface area contributed by atoms with Gasteiger partial charge in [-0.15, -0.1) is 6.58 Å². The van der Waals surface area contributed by atoms with E-state index in [-0.39, 0.29) is 0 Å². The Labute approximate surface area is 87.8 Å². The Morgan fingerprint density at radius 1 is 1.71 bits per heavy atom. The zero-order valence-corrected chi connectivity index (χ0v) is 8.92. The van der Waals surface area contributed by atoms with Crippen LogP contribution in [-0.4, -0.2) is 34.5 Å². The number of amides is 1. The zero-order chi connectivity index (χ0) is 11.0. The molecule has 80 valence electrons. The highest BCUT2D eigenvalue weighted by Gasteiger charge is 2.15. The van der Waals surface area contributed by atoms with Crippen LogP contribution in [0.1, 0.15) is 13.3 Å². The van der Waals surface area contributed by atoms with Crippen molar-refractivity contribution in [1.29, 1.82) is 0 Å². The van der Waals surface area contributed by atoms with E-state index in [1.807, 2.05) is 6.92 Å². The molecule has 0 fully saturated rings. The molecule has 2 atom stereocenters. The van der Waals surface area contributed by atoms with Gasteiger partial charge in [-0.05, 0) is 19.1 Å². The number of thioether (sulfide) groups is 1. The minimum absolute atomic E-state index is 0.306. The highest BCUT2D eigenvalue weighted by molar-refractivity contribution is 8.00. The van der Waals surface area contributed by atoms with E-state index >= 15 is 0 Å². The number of carboxylic acids is 1. The molecule has 5 heteroatoms. The van der Waals surface area contributed by atoms with E-state index in [2.05, 4.69) is 11.9 Å². The topological polar surface area (TPSA) is 66.4 Å². The molecule has 0 aliphatic heterocycles. The Morgan fingerprint density at radius 2 is 2.36 bits per heavy atom. The van der Waals surface area contributed by atoms with E-state index in [1.165, 1.54) is 0 Å². The molecule has 0 radical (unpaired) electrons. The molecule has 0 bridgehead atoms. The number of carbonyl (C=O) groups is 2. The van der Waals surface area contributed by atoms with Crippen molar-refractivity contribution < 1.29 is 14.7 Å². The van der Waals surface area contributed by atoms with Crippen molar-refractivity contribution in [2.75, 3.05) is 5.75 Å². The first-order valence-corrected chi connectivity index (χ1v) is 5.33. The number of hydrogen-bond acceptors (Lipinski definition) is 3. The summed E-state index contributed by atoms with van der Waals surface area (Å²) < 4.78 is 0. The molecule has 2 unspecified atom stereocenters. The Kier molecular flexibility index (Phi) is 6.92. The summed E-state index contributed by atoms with van der Waals surface area (Å²) in [6, 6.07) is -0.781. The first-order valence-electron chi connectivity index (χ1n) is 4.28. The predicted octanol–water partition coefficient (Wildman–Crippen LogP) is 0.883. The maximum Gasteiger partial charge on any atom is 0.326 e. The molecular weight excluding hydrogens is 202 g/mol. The van der Waals surface area contributed by atoms with Gasteiger partial charge in [-0.2, -0.15) is 11.8 Å². The van der Waals surface area contributed by atoms with Crippen LogP contribution in [0.5, 0.6) is 0 Å². The third-order valence-electron chi connectivity index (χ3n) is 1.69. The van der Waals surface area contributed by atoms with E-state index in [1.54, 1.807) is 17.8 Å². The molecule has 0 heterocycles. The summed E-state index contributed by atoms with van der Waals surface area (Å²) in [5.41, 5.74) is 0. The minimum Gasteiger partial charge on any atom is -0.480 e. The van der Waals surface area contributed by atoms with Crippen LogP contribution in [0.15, 0.2) is 12.7 Å². The van der Waals surface area contributed by atoms with Gasteiger partial charge in [0.05, 0.1) is 0 Å². The van der Waals surface area contributed by atoms with E-state index < -0.39 is 12.0 Å². The van der Waals surface area contributed by atoms with Crippen LogP contribution >= 0.6 is 11.8 Å². The van der Waals surface area contributed by atoms with Gasteiger partial charge in [0, 0.05) is 5.25 Å². The lowest BCUT2D eigenvalue weighted by molar-refractivity contribution is -0.140. The van der Waals surface area contributed by atoms with E-state index in [0.29, 0.717) is 23.8 Å². The number of nitrogens with one attached hydrogen (secondary N) is 1. The monoisotopic (exact) mass is 217 g/mol. The molecular formula is C9H15NO3S. The van der Waals surface area contributed by atoms with E-state index in [0.717, 1.165) is 0 Å². The average Bonchev–Trinajstić information content (AvgIpc) is 2.16. The van der Waals surface area contributed by atoms with Crippen molar-refractivity contribution in [2.45, 2.75) is 24.6 Å². The maximum atomic E-state index is 10.6. The predicted molar refractivity (Wildman–Crippen MR) is 57.4 cm³/mol. The first kappa shape index (κ1) is 13.0. The van der Waals surface area contributed by atoms with Crippen molar-refractivity contribution >= 4 is 24.1 Å². The van der Waals surface area contributed by atoms with Gasteiger partial charge >= 0.3 is 5.97 Å². The van der Waals surface area contributed by atoms with Crippen LogP contribution in [0.3, 0.4) is 0 Å². The van der Waals surface area contributed by atoms with Crippen LogP contribution in [0.2, 0.25) is 0 Å². The second-order valence-electron chi connectivity index (χ2n) is 2.78. The molecule has 0 rings (SSSR count). The summed E-state index contributed by atoms with van der Waals surface area (Å²) in [6.45, 7) is 5.61. The quantitative estimate of drug-likeness (QED) is 0.468. The summed E-state index contributed by atoms with van der Waals surface area (Å²) in [7, 11) is 0. The van der Waals surface area contributed by atoms with E-state index in [4.69, 9.17) is 5.11 Å². The molecule has 0 aromatic rings. The van der Waals surface area contributed by atoms with Crippen LogP contribution in [-0.2, 0) is 9.59 Å². The second-order valence-corrected chi connectivity index (χ2v) is 4.26. The largest absolute Gasteiger partial charge is 0.480 e. The first-order chi connectivity index (χ1) is 6.61. The molecule has 0 saturated heterocycles. The number of carboxylic acid groups (broad SMARTS) is 1. The summed E-state index contributed by atoms with van der Waals surface area (Å²) in [5, 5.41) is 11.2. The maximum absolute atomic E-state index is 10.6. The molecule has 14 heavy (non-hydrogen) atoms. The van der Waals surface area contributed by atoms with Gasteiger partial charge in [0.15, 0.2) is 0 Å². The number of carbonyl (C=O) groups excluding carboxylic acids is 1. The van der Waals surface area contributed by atoms with Gasteiger partial charge < -0.3 is 10.4 Å². The molecule has 4 nitrogen and oxygen atoms in total. The Morgan fingerprint density at radius 3 is 2.79 bits per heavy atom. The fourth-order valence-corrected chi connectivity index (χ4v) is 1.68. The SMILES string of the molecule is C=CC(C)SCCC(NC=O)C(=O)O. The van der Waals surface area contributed by atoms with Gasteiger partial charge in [-0.25, -0.2) is 4.79 Å². The molecule has 0 aliphatic rings. The molecule has 2 N–H and O–H groups in total. The highest BCUT2D eigenvalue weighted by atomic mass is 32.2. The average molecular weight is 217 g/mol. The molecule has 0 aromatic heterocycles. The minimum atomic E-state index is -0.996. The third-order valence-corrected chi connectivity index (χ3v) is 2.88. The lowest BCUT2D eigenvalue weighted by Gasteiger charge is -2.11. The van der Waals surface area contributed by atoms with Gasteiger partial charge in [-0.1, -0.05) is 6.08 Å². The molecule has 1 amide bonds. The lowest BCUT2D eigenvalue weighted by atomic mass is 10.2. The summed E-state index contributed by atoms with van der Waals surface area (Å²) in [4.78, 5) is 20.7. The van der Waals surface area contributed by atoms with Gasteiger partial charge in [0.2, 0.25) is 6.41 Å². The molecule has 0 aromatic carbocycles. The van der Waals surface area contributed by atoms with Crippen molar-refractivity contribution in [3.05, 3.63) is 12.7 Å². The molecule has 0 saturated carbocycles. The van der Waals surface area contributed by atoms with Crippen LogP contribution in [0.4, 0.5) is 0 Å². The van der Waals surface area contributed by atoms with Crippen LogP contribution < -0.4 is 5.32 Å². The standard InChI is InChI=1S/C9H15NO3S/c1-3-7(2)14-5-4-8(9(12)13)10-6-11/h3,6-8H,1,4-5H2,2H3,(H,10,11)(H,12,13). The number of aliphatic carboxylic acids is 1. The summed E-state index contributed by atoms with van der Waals surface area (Å²) >= 11 is 1.61. The van der Waals surface area contributed by atoms with Gasteiger partial charge in [0.1, 0.15) is 6.04 Å². The highest BCUT2D eigenvalue weighted by Crippen LogP contribution is 2.13. The van der Waals surface area contributed by atoms with E-state index in [9.17, 15) is 9.59 Å². The lowest BCUT2D eigenvalue weighted by Crippen LogP contribution is -2.36. The fraction of sp³-hybridized carbons (Fsp3) is 0.556. The Hall–Kier alpha value is -0.970. The van der Waals surface area contributed by atoms with Crippen LogP contribution in [0, 0.1) is 0 Å². The van der Waals surface area contributed by atoms with Gasteiger partial charge in [0.25, 0.3) is 0 Å². The molecule has 0 spiro atoms. The zero-order valence-electron chi connectivity index (χ0n) is 8.10. The smallest absolute Gasteiger partial charge is 0.326 e.